The summed E-state index contributed by atoms with van der Waals surface area (Å²) in [6.45, 7) is 2.77. The zero-order valence-electron chi connectivity index (χ0n) is 19.3. The first-order valence-corrected chi connectivity index (χ1v) is 11.9. The highest BCUT2D eigenvalue weighted by Gasteiger charge is 2.54. The minimum absolute atomic E-state index is 0.0806. The van der Waals surface area contributed by atoms with Crippen LogP contribution in [0.25, 0.3) is 11.0 Å². The second kappa shape index (κ2) is 8.65. The number of hydrogen-bond donors (Lipinski definition) is 1. The van der Waals surface area contributed by atoms with Crippen LogP contribution in [0.5, 0.6) is 0 Å². The average molecular weight is 471 g/mol. The lowest BCUT2D eigenvalue weighted by molar-refractivity contribution is 0.0668. The second-order valence-corrected chi connectivity index (χ2v) is 9.58. The molecule has 9 heteroatoms. The van der Waals surface area contributed by atoms with Crippen LogP contribution in [0, 0.1) is 11.3 Å². The molecule has 178 valence electrons. The summed E-state index contributed by atoms with van der Waals surface area (Å²) in [5.74, 6) is 0.654. The van der Waals surface area contributed by atoms with Crippen LogP contribution in [-0.2, 0) is 6.54 Å². The van der Waals surface area contributed by atoms with Crippen molar-refractivity contribution in [1.82, 2.24) is 30.0 Å². The standard InChI is InChI=1S/C26H26N6O3/c33-24(22-11-20-5-8-27-14-23(20)35-22)29-13-21-12-26(21)6-9-31(10-7-26)25(34)19-3-1-18(2-4-19)15-32-17-28-16-30-32/h1-5,8,11,14,16-17,21H,6-7,9-10,12-13,15H2,(H,29,33). The predicted octanol–water partition coefficient (Wildman–Crippen LogP) is 3.14. The highest BCUT2D eigenvalue weighted by atomic mass is 16.3. The van der Waals surface area contributed by atoms with Crippen molar-refractivity contribution in [2.45, 2.75) is 25.8 Å². The number of aromatic nitrogens is 4. The van der Waals surface area contributed by atoms with Crippen LogP contribution in [0.3, 0.4) is 0 Å². The molecule has 35 heavy (non-hydrogen) atoms. The number of nitrogens with zero attached hydrogens (tertiary/aromatic N) is 5. The number of pyridine rings is 1. The molecule has 1 saturated carbocycles. The van der Waals surface area contributed by atoms with E-state index in [-0.39, 0.29) is 17.2 Å². The van der Waals surface area contributed by atoms with E-state index in [1.807, 2.05) is 35.2 Å². The second-order valence-electron chi connectivity index (χ2n) is 9.58. The Morgan fingerprint density at radius 2 is 1.94 bits per heavy atom. The summed E-state index contributed by atoms with van der Waals surface area (Å²) < 4.78 is 7.36. The van der Waals surface area contributed by atoms with E-state index in [2.05, 4.69) is 20.4 Å². The maximum Gasteiger partial charge on any atom is 0.287 e. The van der Waals surface area contributed by atoms with Gasteiger partial charge in [-0.05, 0) is 60.4 Å². The Kier molecular flexibility index (Phi) is 5.32. The third-order valence-electron chi connectivity index (χ3n) is 7.47. The number of fused-ring (bicyclic) bond motifs is 1. The van der Waals surface area contributed by atoms with Crippen LogP contribution in [0.2, 0.25) is 0 Å². The number of amides is 2. The number of piperidine rings is 1. The Labute approximate surface area is 202 Å². The molecule has 1 saturated heterocycles. The van der Waals surface area contributed by atoms with Gasteiger partial charge < -0.3 is 14.6 Å². The van der Waals surface area contributed by atoms with Gasteiger partial charge in [0.1, 0.15) is 12.7 Å². The van der Waals surface area contributed by atoms with Gasteiger partial charge in [0.2, 0.25) is 0 Å². The molecule has 0 radical (unpaired) electrons. The van der Waals surface area contributed by atoms with Gasteiger partial charge >= 0.3 is 0 Å². The average Bonchev–Trinajstić information content (AvgIpc) is 3.24. The first-order chi connectivity index (χ1) is 17.1. The molecule has 1 unspecified atom stereocenters. The molecule has 1 aliphatic carbocycles. The van der Waals surface area contributed by atoms with Gasteiger partial charge in [-0.1, -0.05) is 12.1 Å². The topological polar surface area (TPSA) is 106 Å². The molecule has 2 fully saturated rings. The number of rotatable bonds is 6. The Morgan fingerprint density at radius 1 is 1.11 bits per heavy atom. The monoisotopic (exact) mass is 470 g/mol. The molecule has 4 heterocycles. The lowest BCUT2D eigenvalue weighted by Gasteiger charge is -2.33. The minimum atomic E-state index is -0.192. The fraction of sp³-hybridized carbons (Fsp3) is 0.346. The van der Waals surface area contributed by atoms with Crippen molar-refractivity contribution in [3.05, 3.63) is 78.3 Å². The first-order valence-electron chi connectivity index (χ1n) is 11.9. The number of likely N-dealkylation sites (tertiary alicyclic amines) is 1. The normalized spacial score (nSPS) is 18.6. The molecule has 1 aromatic carbocycles. The third kappa shape index (κ3) is 4.29. The van der Waals surface area contributed by atoms with Crippen molar-refractivity contribution in [2.75, 3.05) is 19.6 Å². The molecule has 6 rings (SSSR count). The molecule has 4 aromatic rings. The van der Waals surface area contributed by atoms with E-state index >= 15 is 0 Å². The molecular weight excluding hydrogens is 444 g/mol. The highest BCUT2D eigenvalue weighted by molar-refractivity contribution is 5.96. The third-order valence-corrected chi connectivity index (χ3v) is 7.47. The van der Waals surface area contributed by atoms with Gasteiger partial charge in [0.25, 0.3) is 11.8 Å². The van der Waals surface area contributed by atoms with E-state index in [9.17, 15) is 9.59 Å². The summed E-state index contributed by atoms with van der Waals surface area (Å²) in [6.07, 6.45) is 9.52. The minimum Gasteiger partial charge on any atom is -0.449 e. The first kappa shape index (κ1) is 21.5. The van der Waals surface area contributed by atoms with E-state index < -0.39 is 0 Å². The van der Waals surface area contributed by atoms with Gasteiger partial charge in [0.15, 0.2) is 11.3 Å². The van der Waals surface area contributed by atoms with Crippen molar-refractivity contribution >= 4 is 22.8 Å². The smallest absolute Gasteiger partial charge is 0.287 e. The van der Waals surface area contributed by atoms with Crippen molar-refractivity contribution < 1.29 is 14.0 Å². The van der Waals surface area contributed by atoms with Crippen molar-refractivity contribution in [1.29, 1.82) is 0 Å². The van der Waals surface area contributed by atoms with Crippen LogP contribution in [0.4, 0.5) is 0 Å². The lowest BCUT2D eigenvalue weighted by Crippen LogP contribution is -2.40. The van der Waals surface area contributed by atoms with Gasteiger partial charge in [0, 0.05) is 36.8 Å². The van der Waals surface area contributed by atoms with E-state index in [4.69, 9.17) is 4.42 Å². The van der Waals surface area contributed by atoms with E-state index in [0.717, 1.165) is 43.3 Å². The summed E-state index contributed by atoms with van der Waals surface area (Å²) in [7, 11) is 0. The molecule has 1 spiro atoms. The Balaban J connectivity index is 0.991. The number of benzene rings is 1. The number of carbonyl (C=O) groups is 2. The van der Waals surface area contributed by atoms with E-state index in [1.54, 1.807) is 29.5 Å². The predicted molar refractivity (Wildman–Crippen MR) is 128 cm³/mol. The van der Waals surface area contributed by atoms with E-state index in [1.165, 1.54) is 6.33 Å². The quantitative estimate of drug-likeness (QED) is 0.464. The van der Waals surface area contributed by atoms with Gasteiger partial charge in [-0.15, -0.1) is 0 Å². The van der Waals surface area contributed by atoms with Crippen LogP contribution in [0.1, 0.15) is 45.7 Å². The number of nitrogens with one attached hydrogen (secondary N) is 1. The molecule has 9 nitrogen and oxygen atoms in total. The Morgan fingerprint density at radius 3 is 2.69 bits per heavy atom. The largest absolute Gasteiger partial charge is 0.449 e. The van der Waals surface area contributed by atoms with Crippen LogP contribution < -0.4 is 5.32 Å². The van der Waals surface area contributed by atoms with Crippen LogP contribution >= 0.6 is 0 Å². The van der Waals surface area contributed by atoms with Gasteiger partial charge in [-0.2, -0.15) is 5.10 Å². The summed E-state index contributed by atoms with van der Waals surface area (Å²) in [5.41, 5.74) is 2.64. The molecule has 0 bridgehead atoms. The van der Waals surface area contributed by atoms with E-state index in [0.29, 0.717) is 35.9 Å². The fourth-order valence-electron chi connectivity index (χ4n) is 5.22. The maximum absolute atomic E-state index is 13.0. The summed E-state index contributed by atoms with van der Waals surface area (Å²) in [6, 6.07) is 11.3. The molecule has 2 amide bonds. The zero-order valence-corrected chi connectivity index (χ0v) is 19.3. The van der Waals surface area contributed by atoms with Crippen molar-refractivity contribution in [3.8, 4) is 0 Å². The SMILES string of the molecule is O=C(NCC1CC12CCN(C(=O)c1ccc(Cn3cncn3)cc1)CC2)c1cc2ccncc2o1. The molecule has 1 atom stereocenters. The summed E-state index contributed by atoms with van der Waals surface area (Å²) in [4.78, 5) is 35.5. The van der Waals surface area contributed by atoms with Crippen molar-refractivity contribution in [3.63, 3.8) is 0 Å². The molecule has 1 aliphatic heterocycles. The number of furan rings is 1. The van der Waals surface area contributed by atoms with Gasteiger partial charge in [0.05, 0.1) is 12.7 Å². The zero-order chi connectivity index (χ0) is 23.8. The van der Waals surface area contributed by atoms with Crippen LogP contribution in [0.15, 0.2) is 65.9 Å². The molecule has 1 N–H and O–H groups in total. The lowest BCUT2D eigenvalue weighted by atomic mass is 9.90. The van der Waals surface area contributed by atoms with Crippen LogP contribution in [-0.4, -0.2) is 56.1 Å². The molecule has 2 aliphatic rings. The van der Waals surface area contributed by atoms with Gasteiger partial charge in [-0.25, -0.2) is 9.67 Å². The van der Waals surface area contributed by atoms with Gasteiger partial charge in [-0.3, -0.25) is 14.6 Å². The maximum atomic E-state index is 13.0. The number of hydrogen-bond acceptors (Lipinski definition) is 6. The summed E-state index contributed by atoms with van der Waals surface area (Å²) >= 11 is 0. The molecular formula is C26H26N6O3. The van der Waals surface area contributed by atoms with Crippen molar-refractivity contribution in [2.24, 2.45) is 11.3 Å². The summed E-state index contributed by atoms with van der Waals surface area (Å²) in [5, 5.41) is 8.02. The fourth-order valence-corrected chi connectivity index (χ4v) is 5.22. The Bertz CT molecular complexity index is 1320. The molecule has 3 aromatic heterocycles. The highest BCUT2D eigenvalue weighted by Crippen LogP contribution is 2.59. The Hall–Kier alpha value is -4.01. The number of carbonyl (C=O) groups excluding carboxylic acids is 2.